The first-order valence-corrected chi connectivity index (χ1v) is 7.74. The molecule has 4 nitrogen and oxygen atoms in total. The van der Waals surface area contributed by atoms with Crippen LogP contribution in [0.5, 0.6) is 11.5 Å². The van der Waals surface area contributed by atoms with Crippen molar-refractivity contribution in [2.45, 2.75) is 18.8 Å². The van der Waals surface area contributed by atoms with Gasteiger partial charge in [-0.25, -0.2) is 0 Å². The summed E-state index contributed by atoms with van der Waals surface area (Å²) in [6, 6.07) is 6.68. The van der Waals surface area contributed by atoms with Crippen LogP contribution in [-0.2, 0) is 6.42 Å². The van der Waals surface area contributed by atoms with E-state index in [4.69, 9.17) is 16.3 Å². The first-order valence-electron chi connectivity index (χ1n) is 6.56. The van der Waals surface area contributed by atoms with Crippen molar-refractivity contribution in [3.63, 3.8) is 0 Å². The molecule has 3 rings (SSSR count). The van der Waals surface area contributed by atoms with Crippen molar-refractivity contribution in [1.29, 1.82) is 0 Å². The summed E-state index contributed by atoms with van der Waals surface area (Å²) in [5.41, 5.74) is 1.34. The first-order chi connectivity index (χ1) is 11.1. The molecule has 0 saturated carbocycles. The lowest BCUT2D eigenvalue weighted by molar-refractivity contribution is -0.279. The van der Waals surface area contributed by atoms with Crippen molar-refractivity contribution in [1.82, 2.24) is 0 Å². The Kier molecular flexibility index (Phi) is 4.19. The molecular weight excluding hydrogens is 417 g/mol. The van der Waals surface area contributed by atoms with Crippen molar-refractivity contribution >= 4 is 27.5 Å². The highest BCUT2D eigenvalue weighted by molar-refractivity contribution is 9.10. The van der Waals surface area contributed by atoms with Crippen LogP contribution in [0.4, 0.5) is 13.2 Å². The largest absolute Gasteiger partial charge is 0.573 e. The fourth-order valence-electron chi connectivity index (χ4n) is 2.42. The summed E-state index contributed by atoms with van der Waals surface area (Å²) in [5.74, 6) is -2.59. The molecular formula is C15H9BrClF3O4. The van der Waals surface area contributed by atoms with Gasteiger partial charge in [0.1, 0.15) is 11.5 Å². The Morgan fingerprint density at radius 3 is 2.42 bits per heavy atom. The number of hydrogen-bond donors (Lipinski definition) is 2. The van der Waals surface area contributed by atoms with Gasteiger partial charge in [0.25, 0.3) is 0 Å². The molecule has 128 valence electrons. The van der Waals surface area contributed by atoms with Gasteiger partial charge >= 0.3 is 12.3 Å². The molecule has 1 aliphatic heterocycles. The Balaban J connectivity index is 2.02. The maximum Gasteiger partial charge on any atom is 0.573 e. The Hall–Kier alpha value is -1.48. The van der Waals surface area contributed by atoms with Crippen LogP contribution >= 0.6 is 27.5 Å². The SMILES string of the molecule is OC1(O)Cc2c(Cl)c(Br)cc(-c3ccc(OC(F)(F)F)cc3)c2O1. The molecule has 2 aromatic carbocycles. The molecule has 2 aromatic rings. The summed E-state index contributed by atoms with van der Waals surface area (Å²) >= 11 is 9.39. The van der Waals surface area contributed by atoms with E-state index in [1.807, 2.05) is 0 Å². The minimum atomic E-state index is -4.78. The molecule has 2 N–H and O–H groups in total. The molecule has 0 radical (unpaired) electrons. The number of aliphatic hydroxyl groups is 2. The van der Waals surface area contributed by atoms with Gasteiger partial charge in [0.05, 0.1) is 11.4 Å². The maximum absolute atomic E-state index is 12.2. The quantitative estimate of drug-likeness (QED) is 0.707. The van der Waals surface area contributed by atoms with Crippen LogP contribution in [0.25, 0.3) is 11.1 Å². The second kappa shape index (κ2) is 5.80. The molecule has 0 bridgehead atoms. The van der Waals surface area contributed by atoms with E-state index in [0.717, 1.165) is 12.1 Å². The van der Waals surface area contributed by atoms with Gasteiger partial charge in [-0.1, -0.05) is 23.7 Å². The fourth-order valence-corrected chi connectivity index (χ4v) is 3.09. The minimum Gasteiger partial charge on any atom is -0.438 e. The van der Waals surface area contributed by atoms with Crippen molar-refractivity contribution < 1.29 is 32.9 Å². The molecule has 0 aliphatic carbocycles. The number of ether oxygens (including phenoxy) is 2. The van der Waals surface area contributed by atoms with Crippen LogP contribution in [0.2, 0.25) is 5.02 Å². The summed E-state index contributed by atoms with van der Waals surface area (Å²) in [4.78, 5) is 0. The molecule has 9 heteroatoms. The molecule has 0 atom stereocenters. The number of fused-ring (bicyclic) bond motifs is 1. The summed E-state index contributed by atoms with van der Waals surface area (Å²) in [5, 5.41) is 19.7. The summed E-state index contributed by atoms with van der Waals surface area (Å²) in [6.45, 7) is 0. The highest BCUT2D eigenvalue weighted by atomic mass is 79.9. The predicted molar refractivity (Wildman–Crippen MR) is 82.8 cm³/mol. The number of alkyl halides is 3. The second-order valence-corrected chi connectivity index (χ2v) is 6.35. The normalized spacial score (nSPS) is 15.8. The van der Waals surface area contributed by atoms with E-state index in [1.54, 1.807) is 6.07 Å². The van der Waals surface area contributed by atoms with E-state index >= 15 is 0 Å². The standard InChI is InChI=1S/C15H9BrClF3O4/c16-11-5-9(13-10(12(11)17)6-14(21,22)24-13)7-1-3-8(4-2-7)23-15(18,19)20/h1-5,21-22H,6H2. The average molecular weight is 426 g/mol. The van der Waals surface area contributed by atoms with E-state index in [1.165, 1.54) is 12.1 Å². The minimum absolute atomic E-state index is 0.165. The van der Waals surface area contributed by atoms with Crippen LogP contribution in [0, 0.1) is 0 Å². The van der Waals surface area contributed by atoms with Gasteiger partial charge in [-0.15, -0.1) is 13.2 Å². The lowest BCUT2D eigenvalue weighted by Gasteiger charge is -2.15. The van der Waals surface area contributed by atoms with Gasteiger partial charge in [-0.2, -0.15) is 0 Å². The van der Waals surface area contributed by atoms with Crippen molar-refractivity contribution in [2.24, 2.45) is 0 Å². The molecule has 0 amide bonds. The van der Waals surface area contributed by atoms with Gasteiger partial charge in [-0.05, 0) is 39.7 Å². The third-order valence-electron chi connectivity index (χ3n) is 3.34. The molecule has 1 heterocycles. The monoisotopic (exact) mass is 424 g/mol. The fraction of sp³-hybridized carbons (Fsp3) is 0.200. The van der Waals surface area contributed by atoms with Crippen LogP contribution in [0.15, 0.2) is 34.8 Å². The Morgan fingerprint density at radius 1 is 1.21 bits per heavy atom. The summed E-state index contributed by atoms with van der Waals surface area (Å²) in [7, 11) is 0. The van der Waals surface area contributed by atoms with Gasteiger partial charge in [0.2, 0.25) is 0 Å². The molecule has 0 unspecified atom stereocenters. The highest BCUT2D eigenvalue weighted by Gasteiger charge is 2.39. The van der Waals surface area contributed by atoms with Crippen molar-refractivity contribution in [2.75, 3.05) is 0 Å². The van der Waals surface area contributed by atoms with E-state index in [9.17, 15) is 23.4 Å². The zero-order chi connectivity index (χ0) is 17.7. The lowest BCUT2D eigenvalue weighted by Crippen LogP contribution is -2.32. The molecule has 24 heavy (non-hydrogen) atoms. The summed E-state index contributed by atoms with van der Waals surface area (Å²) in [6.07, 6.45) is -5.01. The third kappa shape index (κ3) is 3.46. The smallest absolute Gasteiger partial charge is 0.438 e. The van der Waals surface area contributed by atoms with Crippen LogP contribution in [0.3, 0.4) is 0 Å². The predicted octanol–water partition coefficient (Wildman–Crippen LogP) is 4.24. The van der Waals surface area contributed by atoms with E-state index in [0.29, 0.717) is 21.2 Å². The van der Waals surface area contributed by atoms with Crippen LogP contribution in [0.1, 0.15) is 5.56 Å². The maximum atomic E-state index is 12.2. The molecule has 0 spiro atoms. The Morgan fingerprint density at radius 2 is 1.83 bits per heavy atom. The highest BCUT2D eigenvalue weighted by Crippen LogP contribution is 2.47. The zero-order valence-corrected chi connectivity index (χ0v) is 14.0. The average Bonchev–Trinajstić information content (AvgIpc) is 2.78. The Labute approximate surface area is 147 Å². The molecule has 0 fully saturated rings. The second-order valence-electron chi connectivity index (χ2n) is 5.12. The van der Waals surface area contributed by atoms with E-state index < -0.39 is 12.3 Å². The molecule has 1 aliphatic rings. The number of benzene rings is 2. The third-order valence-corrected chi connectivity index (χ3v) is 4.62. The first kappa shape index (κ1) is 17.3. The van der Waals surface area contributed by atoms with E-state index in [2.05, 4.69) is 20.7 Å². The number of hydrogen-bond acceptors (Lipinski definition) is 4. The van der Waals surface area contributed by atoms with Gasteiger partial charge in [0, 0.05) is 15.6 Å². The van der Waals surface area contributed by atoms with Crippen molar-refractivity contribution in [3.05, 3.63) is 45.4 Å². The topological polar surface area (TPSA) is 58.9 Å². The summed E-state index contributed by atoms with van der Waals surface area (Å²) < 4.78 is 46.1. The Bertz CT molecular complexity index is 791. The van der Waals surface area contributed by atoms with Gasteiger partial charge < -0.3 is 19.7 Å². The number of rotatable bonds is 2. The zero-order valence-electron chi connectivity index (χ0n) is 11.7. The lowest BCUT2D eigenvalue weighted by atomic mass is 10.0. The van der Waals surface area contributed by atoms with Gasteiger partial charge in [0.15, 0.2) is 0 Å². The van der Waals surface area contributed by atoms with E-state index in [-0.39, 0.29) is 22.9 Å². The molecule has 0 saturated heterocycles. The van der Waals surface area contributed by atoms with Crippen LogP contribution < -0.4 is 9.47 Å². The van der Waals surface area contributed by atoms with Crippen molar-refractivity contribution in [3.8, 4) is 22.6 Å². The van der Waals surface area contributed by atoms with Crippen LogP contribution in [-0.4, -0.2) is 22.5 Å². The molecule has 0 aromatic heterocycles. The number of halogens is 5. The van der Waals surface area contributed by atoms with Gasteiger partial charge in [-0.3, -0.25) is 0 Å².